The summed E-state index contributed by atoms with van der Waals surface area (Å²) in [7, 11) is 4.14. The lowest BCUT2D eigenvalue weighted by molar-refractivity contribution is -0.134. The van der Waals surface area contributed by atoms with Crippen molar-refractivity contribution in [2.24, 2.45) is 0 Å². The van der Waals surface area contributed by atoms with Crippen molar-refractivity contribution in [1.82, 2.24) is 0 Å². The quantitative estimate of drug-likeness (QED) is 0.311. The molecule has 1 rings (SSSR count). The second-order valence-electron chi connectivity index (χ2n) is 4.70. The zero-order valence-corrected chi connectivity index (χ0v) is 15.3. The summed E-state index contributed by atoms with van der Waals surface area (Å²) in [5.41, 5.74) is 0.223. The third-order valence-corrected chi connectivity index (χ3v) is 2.97. The van der Waals surface area contributed by atoms with E-state index in [1.807, 2.05) is 0 Å². The topological polar surface area (TPSA) is 97.4 Å². The van der Waals surface area contributed by atoms with Crippen molar-refractivity contribution >= 4 is 28.4 Å². The van der Waals surface area contributed by atoms with Crippen molar-refractivity contribution in [3.8, 4) is 28.7 Å². The molecule has 0 fully saturated rings. The first-order valence-electron chi connectivity index (χ1n) is 7.03. The molecule has 25 heavy (non-hydrogen) atoms. The average molecular weight is 365 g/mol. The fraction of sp³-hybridized carbons (Fsp3) is 0.312. The summed E-state index contributed by atoms with van der Waals surface area (Å²) in [5, 5.41) is 0. The molecule has 1 aromatic rings. The van der Waals surface area contributed by atoms with E-state index in [1.54, 1.807) is 0 Å². The van der Waals surface area contributed by atoms with E-state index in [9.17, 15) is 14.4 Å². The summed E-state index contributed by atoms with van der Waals surface area (Å²) in [6.07, 6.45) is 1.61. The van der Waals surface area contributed by atoms with E-state index in [1.165, 1.54) is 27.0 Å². The molecule has 0 saturated heterocycles. The van der Waals surface area contributed by atoms with Crippen LogP contribution in [0.5, 0.6) is 28.7 Å². The van der Waals surface area contributed by atoms with E-state index in [0.717, 1.165) is 6.92 Å². The summed E-state index contributed by atoms with van der Waals surface area (Å²) >= 11 is 0. The minimum absolute atomic E-state index is 0.0331. The van der Waals surface area contributed by atoms with Crippen LogP contribution in [-0.4, -0.2) is 35.5 Å². The number of esters is 3. The van der Waals surface area contributed by atoms with E-state index >= 15 is 0 Å². The highest BCUT2D eigenvalue weighted by atomic mass is 28.2. The van der Waals surface area contributed by atoms with Crippen LogP contribution in [0.1, 0.15) is 26.3 Å². The highest BCUT2D eigenvalue weighted by molar-refractivity contribution is 6.01. The molecule has 0 aromatic heterocycles. The Morgan fingerprint density at radius 3 is 1.68 bits per heavy atom. The van der Waals surface area contributed by atoms with Gasteiger partial charge in [-0.3, -0.25) is 14.4 Å². The van der Waals surface area contributed by atoms with Crippen LogP contribution < -0.4 is 23.4 Å². The molecule has 0 heterocycles. The summed E-state index contributed by atoms with van der Waals surface area (Å²) in [6.45, 7) is 7.13. The molecule has 1 aromatic carbocycles. The monoisotopic (exact) mass is 365 g/mol. The maximum absolute atomic E-state index is 11.5. The minimum atomic E-state index is -0.690. The molecular weight excluding hydrogens is 348 g/mol. The lowest BCUT2D eigenvalue weighted by atomic mass is 10.1. The minimum Gasteiger partial charge on any atom is -0.535 e. The fourth-order valence-electron chi connectivity index (χ4n) is 2.03. The van der Waals surface area contributed by atoms with Crippen molar-refractivity contribution in [1.29, 1.82) is 0 Å². The van der Waals surface area contributed by atoms with Crippen molar-refractivity contribution in [3.05, 3.63) is 18.2 Å². The Hall–Kier alpha value is -2.81. The highest BCUT2D eigenvalue weighted by Gasteiger charge is 2.31. The van der Waals surface area contributed by atoms with Gasteiger partial charge in [0.15, 0.2) is 17.2 Å². The largest absolute Gasteiger partial charge is 0.535 e. The van der Waals surface area contributed by atoms with E-state index in [2.05, 4.69) is 17.1 Å². The first kappa shape index (κ1) is 20.2. The molecule has 3 radical (unpaired) electrons. The van der Waals surface area contributed by atoms with E-state index < -0.39 is 17.9 Å². The molecule has 0 atom stereocenters. The van der Waals surface area contributed by atoms with Gasteiger partial charge in [-0.1, -0.05) is 6.08 Å². The number of hydrogen-bond acceptors (Lipinski definition) is 8. The Labute approximate surface area is 148 Å². The highest BCUT2D eigenvalue weighted by Crippen LogP contribution is 2.54. The number of carbonyl (C=O) groups excluding carboxylic acids is 3. The molecule has 0 unspecified atom stereocenters. The van der Waals surface area contributed by atoms with E-state index in [0.29, 0.717) is 0 Å². The average Bonchev–Trinajstić information content (AvgIpc) is 2.51. The Morgan fingerprint density at radius 1 is 0.880 bits per heavy atom. The van der Waals surface area contributed by atoms with Crippen molar-refractivity contribution in [2.75, 3.05) is 7.11 Å². The van der Waals surface area contributed by atoms with Crippen LogP contribution >= 0.6 is 0 Å². The Kier molecular flexibility index (Phi) is 7.18. The third-order valence-electron chi connectivity index (χ3n) is 2.77. The number of carbonyl (C=O) groups is 3. The van der Waals surface area contributed by atoms with Crippen LogP contribution in [0.2, 0.25) is 0 Å². The van der Waals surface area contributed by atoms with E-state index in [-0.39, 0.29) is 40.7 Å². The van der Waals surface area contributed by atoms with Gasteiger partial charge in [-0.05, 0) is 6.42 Å². The standard InChI is InChI=1S/C16H17O8Si/c1-6-7-11-12(21-8(2)17)14(20-5)16(24-25)15(23-10(4)19)13(11)22-9(3)18/h6H,1,7H2,2-5H3. The summed E-state index contributed by atoms with van der Waals surface area (Å²) in [6, 6.07) is 0. The van der Waals surface area contributed by atoms with Gasteiger partial charge in [0.2, 0.25) is 11.5 Å². The molecule has 0 bridgehead atoms. The van der Waals surface area contributed by atoms with Gasteiger partial charge in [0.25, 0.3) is 0 Å². The first-order valence-corrected chi connectivity index (χ1v) is 7.44. The molecule has 133 valence electrons. The van der Waals surface area contributed by atoms with Gasteiger partial charge in [-0.25, -0.2) is 0 Å². The van der Waals surface area contributed by atoms with Gasteiger partial charge in [-0.15, -0.1) is 6.58 Å². The molecule has 0 aliphatic heterocycles. The van der Waals surface area contributed by atoms with Gasteiger partial charge in [0, 0.05) is 26.3 Å². The van der Waals surface area contributed by atoms with Gasteiger partial charge in [0.1, 0.15) is 0 Å². The predicted molar refractivity (Wildman–Crippen MR) is 87.2 cm³/mol. The molecule has 0 N–H and O–H groups in total. The van der Waals surface area contributed by atoms with Gasteiger partial charge < -0.3 is 23.4 Å². The number of allylic oxidation sites excluding steroid dienone is 1. The second kappa shape index (κ2) is 8.88. The summed E-state index contributed by atoms with van der Waals surface area (Å²) in [4.78, 5) is 34.5. The molecule has 0 aliphatic rings. The molecule has 8 nitrogen and oxygen atoms in total. The fourth-order valence-corrected chi connectivity index (χ4v) is 2.22. The SMILES string of the molecule is C=CCc1c(OC(C)=O)c(OC)c(O[Si])c(OC(C)=O)c1OC(C)=O. The normalized spacial score (nSPS) is 9.80. The number of methoxy groups -OCH3 is 1. The van der Waals surface area contributed by atoms with Crippen LogP contribution in [0.3, 0.4) is 0 Å². The molecule has 9 heteroatoms. The van der Waals surface area contributed by atoms with Crippen LogP contribution in [0.25, 0.3) is 0 Å². The molecule has 0 aliphatic carbocycles. The van der Waals surface area contributed by atoms with Gasteiger partial charge >= 0.3 is 28.4 Å². The lowest BCUT2D eigenvalue weighted by Gasteiger charge is -2.22. The zero-order chi connectivity index (χ0) is 19.1. The summed E-state index contributed by atoms with van der Waals surface area (Å²) < 4.78 is 25.8. The maximum Gasteiger partial charge on any atom is 0.341 e. The maximum atomic E-state index is 11.5. The van der Waals surface area contributed by atoms with Crippen molar-refractivity contribution in [2.45, 2.75) is 27.2 Å². The number of benzene rings is 1. The Bertz CT molecular complexity index is 711. The van der Waals surface area contributed by atoms with E-state index in [4.69, 9.17) is 23.4 Å². The second-order valence-corrected chi connectivity index (χ2v) is 4.91. The number of rotatable bonds is 7. The third kappa shape index (κ3) is 4.83. The lowest BCUT2D eigenvalue weighted by Crippen LogP contribution is -2.14. The molecule has 0 saturated carbocycles. The van der Waals surface area contributed by atoms with Crippen LogP contribution in [0.15, 0.2) is 12.7 Å². The zero-order valence-electron chi connectivity index (χ0n) is 14.3. The van der Waals surface area contributed by atoms with Crippen LogP contribution in [0.4, 0.5) is 0 Å². The van der Waals surface area contributed by atoms with Crippen molar-refractivity contribution < 1.29 is 37.8 Å². The first-order chi connectivity index (χ1) is 11.8. The van der Waals surface area contributed by atoms with Gasteiger partial charge in [-0.2, -0.15) is 0 Å². The Morgan fingerprint density at radius 2 is 1.32 bits per heavy atom. The van der Waals surface area contributed by atoms with Gasteiger partial charge in [0.05, 0.1) is 7.11 Å². The number of hydrogen-bond donors (Lipinski definition) is 0. The van der Waals surface area contributed by atoms with Crippen LogP contribution in [-0.2, 0) is 20.8 Å². The Balaban J connectivity index is 3.93. The molecule has 0 spiro atoms. The molecule has 0 amide bonds. The predicted octanol–water partition coefficient (Wildman–Crippen LogP) is 1.66. The smallest absolute Gasteiger partial charge is 0.341 e. The van der Waals surface area contributed by atoms with Crippen LogP contribution in [0, 0.1) is 0 Å². The van der Waals surface area contributed by atoms with Crippen molar-refractivity contribution in [3.63, 3.8) is 0 Å². The summed E-state index contributed by atoms with van der Waals surface area (Å²) in [5.74, 6) is -2.59. The number of ether oxygens (including phenoxy) is 4. The molecular formula is C16H17O8Si.